The van der Waals surface area contributed by atoms with Crippen molar-refractivity contribution >= 4 is 26.7 Å². The van der Waals surface area contributed by atoms with Gasteiger partial charge in [-0.2, -0.15) is 13.2 Å². The maximum atomic E-state index is 13.0. The van der Waals surface area contributed by atoms with Crippen molar-refractivity contribution in [2.75, 3.05) is 5.75 Å². The van der Waals surface area contributed by atoms with E-state index < -0.39 is 26.7 Å². The molecule has 112 valence electrons. The normalized spacial score (nSPS) is 13.6. The lowest BCUT2D eigenvalue weighted by Gasteiger charge is -2.11. The molecule has 2 rings (SSSR count). The molecule has 0 heterocycles. The fourth-order valence-electron chi connectivity index (χ4n) is 1.95. The number of benzene rings is 2. The van der Waals surface area contributed by atoms with Gasteiger partial charge in [0.15, 0.2) is 9.84 Å². The Bertz CT molecular complexity index is 790. The minimum absolute atomic E-state index is 0.207. The predicted octanol–water partition coefficient (Wildman–Crippen LogP) is 4.18. The van der Waals surface area contributed by atoms with Crippen molar-refractivity contribution in [2.24, 2.45) is 0 Å². The minimum Gasteiger partial charge on any atom is -0.224 e. The second-order valence-electron chi connectivity index (χ2n) is 4.52. The third-order valence-corrected chi connectivity index (χ3v) is 4.85. The summed E-state index contributed by atoms with van der Waals surface area (Å²) >= 11 is 0. The first kappa shape index (κ1) is 15.6. The Kier molecular flexibility index (Phi) is 4.09. The van der Waals surface area contributed by atoms with Gasteiger partial charge in [0.2, 0.25) is 0 Å². The van der Waals surface area contributed by atoms with Crippen molar-refractivity contribution in [3.8, 4) is 0 Å². The molecular weight excluding hydrogens is 301 g/mol. The summed E-state index contributed by atoms with van der Waals surface area (Å²) in [5, 5.41) is 1.63. The fourth-order valence-corrected chi connectivity index (χ4v) is 2.93. The quantitative estimate of drug-likeness (QED) is 0.852. The molecule has 21 heavy (non-hydrogen) atoms. The molecule has 0 aliphatic heterocycles. The average Bonchev–Trinajstić information content (AvgIpc) is 2.43. The van der Waals surface area contributed by atoms with Gasteiger partial charge in [0, 0.05) is 0 Å². The molecule has 2 aromatic carbocycles. The van der Waals surface area contributed by atoms with Crippen LogP contribution >= 0.6 is 0 Å². The van der Waals surface area contributed by atoms with Crippen LogP contribution in [0.4, 0.5) is 13.2 Å². The molecule has 0 atom stereocenters. The van der Waals surface area contributed by atoms with Crippen LogP contribution in [0, 0.1) is 0 Å². The summed E-state index contributed by atoms with van der Waals surface area (Å²) in [5.74, 6) is -0.591. The van der Waals surface area contributed by atoms with Gasteiger partial charge in [0.1, 0.15) is 4.91 Å². The third-order valence-electron chi connectivity index (χ3n) is 3.07. The maximum absolute atomic E-state index is 13.0. The molecule has 0 saturated heterocycles. The summed E-state index contributed by atoms with van der Waals surface area (Å²) in [7, 11) is -4.33. The van der Waals surface area contributed by atoms with Gasteiger partial charge < -0.3 is 0 Å². The number of fused-ring (bicyclic) bond motifs is 1. The molecule has 0 amide bonds. The number of halogens is 3. The van der Waals surface area contributed by atoms with E-state index in [9.17, 15) is 21.6 Å². The van der Waals surface area contributed by atoms with Gasteiger partial charge in [-0.05, 0) is 28.5 Å². The number of rotatable bonds is 3. The molecule has 0 unspecified atom stereocenters. The minimum atomic E-state index is -4.90. The van der Waals surface area contributed by atoms with Gasteiger partial charge in [-0.1, -0.05) is 43.3 Å². The number of hydrogen-bond donors (Lipinski definition) is 0. The van der Waals surface area contributed by atoms with Gasteiger partial charge in [-0.25, -0.2) is 8.42 Å². The van der Waals surface area contributed by atoms with Crippen LogP contribution in [0.2, 0.25) is 0 Å². The van der Waals surface area contributed by atoms with E-state index in [1.165, 1.54) is 19.1 Å². The van der Waals surface area contributed by atoms with E-state index in [0.717, 1.165) is 10.8 Å². The summed E-state index contributed by atoms with van der Waals surface area (Å²) in [4.78, 5) is -1.51. The van der Waals surface area contributed by atoms with Crippen LogP contribution < -0.4 is 0 Å². The molecule has 0 aromatic heterocycles. The first-order valence-corrected chi connectivity index (χ1v) is 7.90. The van der Waals surface area contributed by atoms with E-state index in [1.54, 1.807) is 18.2 Å². The molecule has 6 heteroatoms. The summed E-state index contributed by atoms with van der Waals surface area (Å²) in [6.45, 7) is 1.19. The van der Waals surface area contributed by atoms with Crippen LogP contribution in [-0.4, -0.2) is 20.3 Å². The summed E-state index contributed by atoms with van der Waals surface area (Å²) in [5.41, 5.74) is 0.207. The first-order valence-electron chi connectivity index (χ1n) is 6.24. The van der Waals surface area contributed by atoms with E-state index >= 15 is 0 Å². The predicted molar refractivity (Wildman–Crippen MR) is 77.4 cm³/mol. The lowest BCUT2D eigenvalue weighted by atomic mass is 10.1. The Balaban J connectivity index is 2.60. The van der Waals surface area contributed by atoms with Gasteiger partial charge in [-0.3, -0.25) is 0 Å². The highest BCUT2D eigenvalue weighted by atomic mass is 32.2. The van der Waals surface area contributed by atoms with E-state index in [0.29, 0.717) is 6.08 Å². The van der Waals surface area contributed by atoms with Crippen LogP contribution in [0.15, 0.2) is 47.4 Å². The number of sulfone groups is 1. The molecule has 0 aliphatic carbocycles. The van der Waals surface area contributed by atoms with Crippen molar-refractivity contribution in [2.45, 2.75) is 13.1 Å². The third kappa shape index (κ3) is 3.44. The fraction of sp³-hybridized carbons (Fsp3) is 0.200. The molecule has 0 fully saturated rings. The van der Waals surface area contributed by atoms with Crippen LogP contribution in [0.3, 0.4) is 0 Å². The Morgan fingerprint density at radius 2 is 1.71 bits per heavy atom. The van der Waals surface area contributed by atoms with Gasteiger partial charge >= 0.3 is 6.18 Å². The lowest BCUT2D eigenvalue weighted by molar-refractivity contribution is -0.0836. The van der Waals surface area contributed by atoms with E-state index in [2.05, 4.69) is 0 Å². The second-order valence-corrected chi connectivity index (χ2v) is 6.76. The number of alkyl halides is 3. The molecular formula is C15H13F3O2S. The summed E-state index contributed by atoms with van der Waals surface area (Å²) < 4.78 is 62.1. The molecule has 0 aliphatic rings. The van der Waals surface area contributed by atoms with Crippen LogP contribution in [-0.2, 0) is 9.84 Å². The van der Waals surface area contributed by atoms with Crippen molar-refractivity contribution < 1.29 is 21.6 Å². The number of hydrogen-bond acceptors (Lipinski definition) is 2. The molecule has 0 N–H and O–H groups in total. The molecule has 0 saturated carbocycles. The highest BCUT2D eigenvalue weighted by Gasteiger charge is 2.41. The van der Waals surface area contributed by atoms with Gasteiger partial charge in [0.05, 0.1) is 5.75 Å². The molecule has 2 nitrogen and oxygen atoms in total. The second kappa shape index (κ2) is 5.52. The smallest absolute Gasteiger partial charge is 0.224 e. The first-order chi connectivity index (χ1) is 9.74. The lowest BCUT2D eigenvalue weighted by Crippen LogP contribution is -2.21. The average molecular weight is 314 g/mol. The maximum Gasteiger partial charge on any atom is 0.427 e. The monoisotopic (exact) mass is 314 g/mol. The highest BCUT2D eigenvalue weighted by molar-refractivity contribution is 7.95. The van der Waals surface area contributed by atoms with Crippen molar-refractivity contribution in [3.63, 3.8) is 0 Å². The van der Waals surface area contributed by atoms with Crippen LogP contribution in [0.25, 0.3) is 16.8 Å². The zero-order valence-corrected chi connectivity index (χ0v) is 12.0. The summed E-state index contributed by atoms with van der Waals surface area (Å²) in [6, 6.07) is 11.8. The highest BCUT2D eigenvalue weighted by Crippen LogP contribution is 2.32. The zero-order valence-electron chi connectivity index (χ0n) is 11.2. The molecule has 0 spiro atoms. The SMILES string of the molecule is CCS(=O)(=O)C(=Cc1ccc2ccccc2c1)C(F)(F)F. The Labute approximate surface area is 120 Å². The topological polar surface area (TPSA) is 34.1 Å². The Hall–Kier alpha value is -1.82. The standard InChI is InChI=1S/C15H13F3O2S/c1-2-21(19,20)14(15(16,17)18)10-11-7-8-12-5-3-4-6-13(12)9-11/h3-10H,2H2,1H3. The zero-order chi connectivity index (χ0) is 15.7. The van der Waals surface area contributed by atoms with Crippen molar-refractivity contribution in [1.82, 2.24) is 0 Å². The summed E-state index contributed by atoms with van der Waals surface area (Å²) in [6.07, 6.45) is -4.22. The molecule has 0 radical (unpaired) electrons. The van der Waals surface area contributed by atoms with Crippen molar-refractivity contribution in [3.05, 3.63) is 52.9 Å². The van der Waals surface area contributed by atoms with Gasteiger partial charge in [0.25, 0.3) is 0 Å². The molecule has 0 bridgehead atoms. The molecule has 2 aromatic rings. The van der Waals surface area contributed by atoms with Crippen LogP contribution in [0.5, 0.6) is 0 Å². The van der Waals surface area contributed by atoms with E-state index in [4.69, 9.17) is 0 Å². The van der Waals surface area contributed by atoms with E-state index in [-0.39, 0.29) is 5.56 Å². The Morgan fingerprint density at radius 3 is 2.29 bits per heavy atom. The van der Waals surface area contributed by atoms with Gasteiger partial charge in [-0.15, -0.1) is 0 Å². The Morgan fingerprint density at radius 1 is 1.10 bits per heavy atom. The van der Waals surface area contributed by atoms with Crippen LogP contribution in [0.1, 0.15) is 12.5 Å². The number of allylic oxidation sites excluding steroid dienone is 1. The van der Waals surface area contributed by atoms with Crippen molar-refractivity contribution in [1.29, 1.82) is 0 Å². The largest absolute Gasteiger partial charge is 0.427 e. The van der Waals surface area contributed by atoms with E-state index in [1.807, 2.05) is 12.1 Å².